The fourth-order valence-electron chi connectivity index (χ4n) is 3.52. The Kier molecular flexibility index (Phi) is 12.5. The molecule has 0 spiro atoms. The molecule has 2 N–H and O–H groups in total. The van der Waals surface area contributed by atoms with Crippen molar-refractivity contribution in [3.8, 4) is 0 Å². The minimum atomic E-state index is -4.36. The summed E-state index contributed by atoms with van der Waals surface area (Å²) in [6.07, 6.45) is 4.07. The van der Waals surface area contributed by atoms with Crippen LogP contribution >= 0.6 is 7.82 Å². The van der Waals surface area contributed by atoms with Crippen molar-refractivity contribution >= 4 is 27.7 Å². The van der Waals surface area contributed by atoms with E-state index in [0.717, 1.165) is 31.9 Å². The second kappa shape index (κ2) is 15.1. The van der Waals surface area contributed by atoms with Gasteiger partial charge in [-0.1, -0.05) is 42.5 Å². The van der Waals surface area contributed by atoms with E-state index in [9.17, 15) is 19.0 Å². The Morgan fingerprint density at radius 1 is 1.20 bits per heavy atom. The van der Waals surface area contributed by atoms with Gasteiger partial charge in [-0.3, -0.25) is 13.8 Å². The molecule has 192 valence electrons. The molecule has 1 saturated heterocycles. The molecule has 1 aliphatic heterocycles. The van der Waals surface area contributed by atoms with Crippen molar-refractivity contribution in [2.75, 3.05) is 20.3 Å². The first-order valence-corrected chi connectivity index (χ1v) is 12.9. The molecule has 5 atom stereocenters. The van der Waals surface area contributed by atoms with Crippen LogP contribution in [0.3, 0.4) is 0 Å². The van der Waals surface area contributed by atoms with Crippen LogP contribution in [0.5, 0.6) is 0 Å². The number of amides is 1. The summed E-state index contributed by atoms with van der Waals surface area (Å²) >= 11 is 0. The van der Waals surface area contributed by atoms with Gasteiger partial charge in [-0.2, -0.15) is 0 Å². The smallest absolute Gasteiger partial charge is 0.431 e. The van der Waals surface area contributed by atoms with E-state index >= 15 is 0 Å². The first-order valence-electron chi connectivity index (χ1n) is 11.4. The third kappa shape index (κ3) is 11.0. The van der Waals surface area contributed by atoms with Gasteiger partial charge in [-0.05, 0) is 31.2 Å². The van der Waals surface area contributed by atoms with Crippen LogP contribution in [0, 0.1) is 5.92 Å². The fourth-order valence-corrected chi connectivity index (χ4v) is 4.21. The zero-order chi connectivity index (χ0) is 25.7. The normalized spacial score (nSPS) is 23.6. The SMILES string of the molecule is [B][C@@H]1O[C@H](COC(=O)OCc2ccccc2)C(OP(=O)(O)OC)[C@@H]1C/C=C/CCCCNC(C)=O. The molecule has 12 heteroatoms. The first-order chi connectivity index (χ1) is 16.7. The average molecular weight is 509 g/mol. The molecule has 1 aromatic carbocycles. The lowest BCUT2D eigenvalue weighted by Gasteiger charge is -2.24. The molecule has 0 bridgehead atoms. The molecule has 0 saturated carbocycles. The summed E-state index contributed by atoms with van der Waals surface area (Å²) in [5, 5.41) is 2.74. The topological polar surface area (TPSA) is 130 Å². The van der Waals surface area contributed by atoms with Crippen molar-refractivity contribution in [2.24, 2.45) is 5.92 Å². The highest BCUT2D eigenvalue weighted by molar-refractivity contribution is 7.47. The third-order valence-electron chi connectivity index (χ3n) is 5.34. The van der Waals surface area contributed by atoms with Crippen molar-refractivity contribution in [1.29, 1.82) is 0 Å². The standard InChI is InChI=1S/C23H33BNO9P/c1-17(26)25-14-10-5-3-4-9-13-19-21(34-35(28,29)30-2)20(33-22(19)24)16-32-23(27)31-15-18-11-7-6-8-12-18/h4,6-9,11-12,19-22H,3,5,10,13-16H2,1-2H3,(H,25,26)(H,28,29)/b9-4+/t19-,20+,21?,22+/m0/s1. The number of carbonyl (C=O) groups is 2. The van der Waals surface area contributed by atoms with Gasteiger partial charge in [0.05, 0.1) is 0 Å². The number of benzene rings is 1. The van der Waals surface area contributed by atoms with Crippen molar-refractivity contribution in [2.45, 2.75) is 57.4 Å². The maximum Gasteiger partial charge on any atom is 0.508 e. The van der Waals surface area contributed by atoms with E-state index in [1.165, 1.54) is 6.92 Å². The molecule has 1 fully saturated rings. The predicted octanol–water partition coefficient (Wildman–Crippen LogP) is 3.23. The van der Waals surface area contributed by atoms with Crippen molar-refractivity contribution in [3.05, 3.63) is 48.0 Å². The van der Waals surface area contributed by atoms with Crippen molar-refractivity contribution in [3.63, 3.8) is 0 Å². The molecular weight excluding hydrogens is 476 g/mol. The maximum absolute atomic E-state index is 12.1. The molecule has 35 heavy (non-hydrogen) atoms. The van der Waals surface area contributed by atoms with Gasteiger partial charge < -0.3 is 24.4 Å². The molecule has 0 aromatic heterocycles. The van der Waals surface area contributed by atoms with Crippen LogP contribution in [0.15, 0.2) is 42.5 Å². The Morgan fingerprint density at radius 3 is 2.63 bits per heavy atom. The second-order valence-corrected chi connectivity index (χ2v) is 9.56. The van der Waals surface area contributed by atoms with E-state index in [2.05, 4.69) is 9.84 Å². The van der Waals surface area contributed by atoms with E-state index in [4.69, 9.17) is 26.6 Å². The van der Waals surface area contributed by atoms with Crippen molar-refractivity contribution < 1.29 is 42.3 Å². The zero-order valence-corrected chi connectivity index (χ0v) is 20.9. The van der Waals surface area contributed by atoms with Gasteiger partial charge in [-0.25, -0.2) is 9.36 Å². The second-order valence-electron chi connectivity index (χ2n) is 8.05. The summed E-state index contributed by atoms with van der Waals surface area (Å²) in [7, 11) is 2.81. The van der Waals surface area contributed by atoms with Gasteiger partial charge in [0.25, 0.3) is 0 Å². The van der Waals surface area contributed by atoms with Gasteiger partial charge in [0.1, 0.15) is 33.3 Å². The lowest BCUT2D eigenvalue weighted by atomic mass is 9.82. The van der Waals surface area contributed by atoms with Gasteiger partial charge in [0.15, 0.2) is 0 Å². The summed E-state index contributed by atoms with van der Waals surface area (Å²) in [5.74, 6) is -0.530. The number of hydrogen-bond acceptors (Lipinski definition) is 8. The number of nitrogens with one attached hydrogen (secondary N) is 1. The number of carbonyl (C=O) groups excluding carboxylic acids is 2. The highest BCUT2D eigenvalue weighted by atomic mass is 31.2. The molecular formula is C23H33BNO9P. The van der Waals surface area contributed by atoms with Gasteiger partial charge >= 0.3 is 14.0 Å². The van der Waals surface area contributed by atoms with Crippen LogP contribution in [0.4, 0.5) is 4.79 Å². The molecule has 1 aromatic rings. The number of hydrogen-bond donors (Lipinski definition) is 2. The monoisotopic (exact) mass is 509 g/mol. The lowest BCUT2D eigenvalue weighted by molar-refractivity contribution is -0.118. The van der Waals surface area contributed by atoms with Crippen LogP contribution in [0.25, 0.3) is 0 Å². The number of unbranched alkanes of at least 4 members (excludes halogenated alkanes) is 2. The first kappa shape index (κ1) is 29.1. The third-order valence-corrected chi connectivity index (χ3v) is 6.31. The van der Waals surface area contributed by atoms with Crippen LogP contribution in [0.1, 0.15) is 38.2 Å². The number of phosphoric ester groups is 1. The molecule has 10 nitrogen and oxygen atoms in total. The quantitative estimate of drug-likeness (QED) is 0.128. The molecule has 0 aliphatic carbocycles. The van der Waals surface area contributed by atoms with E-state index < -0.39 is 38.1 Å². The van der Waals surface area contributed by atoms with E-state index in [1.54, 1.807) is 12.1 Å². The summed E-state index contributed by atoms with van der Waals surface area (Å²) in [6, 6.07) is 8.30. The van der Waals surface area contributed by atoms with Gasteiger partial charge in [0.2, 0.25) is 5.91 Å². The van der Waals surface area contributed by atoms with Crippen LogP contribution in [-0.4, -0.2) is 63.3 Å². The molecule has 1 heterocycles. The van der Waals surface area contributed by atoms with Gasteiger partial charge in [0, 0.05) is 32.5 Å². The number of allylic oxidation sites excluding steroid dienone is 2. The van der Waals surface area contributed by atoms with E-state index in [1.807, 2.05) is 30.4 Å². The molecule has 2 unspecified atom stereocenters. The minimum absolute atomic E-state index is 0.0401. The molecule has 2 rings (SSSR count). The molecule has 1 amide bonds. The molecule has 2 radical (unpaired) electrons. The van der Waals surface area contributed by atoms with E-state index in [-0.39, 0.29) is 19.1 Å². The summed E-state index contributed by atoms with van der Waals surface area (Å²) < 4.78 is 37.9. The predicted molar refractivity (Wildman–Crippen MR) is 128 cm³/mol. The lowest BCUT2D eigenvalue weighted by Crippen LogP contribution is -2.34. The minimum Gasteiger partial charge on any atom is -0.431 e. The molecule has 1 aliphatic rings. The number of phosphoric acid groups is 1. The Morgan fingerprint density at radius 2 is 1.94 bits per heavy atom. The zero-order valence-electron chi connectivity index (χ0n) is 20.0. The summed E-state index contributed by atoms with van der Waals surface area (Å²) in [4.78, 5) is 32.7. The highest BCUT2D eigenvalue weighted by Gasteiger charge is 2.46. The average Bonchev–Trinajstić information content (AvgIpc) is 3.11. The highest BCUT2D eigenvalue weighted by Crippen LogP contribution is 2.48. The Labute approximate surface area is 207 Å². The van der Waals surface area contributed by atoms with Crippen LogP contribution in [0.2, 0.25) is 0 Å². The Balaban J connectivity index is 1.87. The van der Waals surface area contributed by atoms with Crippen LogP contribution in [-0.2, 0) is 39.2 Å². The Hall–Kier alpha value is -2.17. The number of rotatable bonds is 14. The summed E-state index contributed by atoms with van der Waals surface area (Å²) in [6.45, 7) is 1.86. The largest absolute Gasteiger partial charge is 0.508 e. The summed E-state index contributed by atoms with van der Waals surface area (Å²) in [5.41, 5.74) is 0.799. The van der Waals surface area contributed by atoms with Gasteiger partial charge in [-0.15, -0.1) is 0 Å². The Bertz CT molecular complexity index is 870. The fraction of sp³-hybridized carbons (Fsp3) is 0.565. The maximum atomic E-state index is 12.1. The van der Waals surface area contributed by atoms with E-state index in [0.29, 0.717) is 13.0 Å². The number of ether oxygens (including phenoxy) is 3. The van der Waals surface area contributed by atoms with Crippen LogP contribution < -0.4 is 5.32 Å². The van der Waals surface area contributed by atoms with Crippen molar-refractivity contribution in [1.82, 2.24) is 5.32 Å².